The van der Waals surface area contributed by atoms with Crippen molar-refractivity contribution in [1.82, 2.24) is 15.0 Å². The molecule has 1 aliphatic rings. The number of nitrogens with one attached hydrogen (secondary N) is 1. The van der Waals surface area contributed by atoms with E-state index in [1.54, 1.807) is 17.3 Å². The summed E-state index contributed by atoms with van der Waals surface area (Å²) in [6.45, 7) is 2.30. The average Bonchev–Trinajstić information content (AvgIpc) is 3.30. The number of benzene rings is 1. The van der Waals surface area contributed by atoms with Crippen molar-refractivity contribution in [2.45, 2.75) is 25.4 Å². The van der Waals surface area contributed by atoms with Gasteiger partial charge in [0.15, 0.2) is 11.4 Å². The summed E-state index contributed by atoms with van der Waals surface area (Å²) in [4.78, 5) is 27.0. The molecular formula is C21H19N5O3. The number of aliphatic carboxylic acids is 1. The van der Waals surface area contributed by atoms with Crippen LogP contribution in [0, 0.1) is 6.92 Å². The van der Waals surface area contributed by atoms with Crippen LogP contribution < -0.4 is 10.2 Å². The van der Waals surface area contributed by atoms with E-state index in [1.807, 2.05) is 43.3 Å². The Balaban J connectivity index is 1.58. The number of nitrogens with zero attached hydrogens (tertiary/aromatic N) is 4. The fraction of sp³-hybridized carbons (Fsp3) is 0.238. The van der Waals surface area contributed by atoms with Crippen LogP contribution >= 0.6 is 0 Å². The maximum atomic E-state index is 12.0. The minimum absolute atomic E-state index is 0.0480. The van der Waals surface area contributed by atoms with Gasteiger partial charge in [-0.1, -0.05) is 12.1 Å². The van der Waals surface area contributed by atoms with Crippen molar-refractivity contribution in [1.29, 1.82) is 0 Å². The predicted molar refractivity (Wildman–Crippen MR) is 109 cm³/mol. The lowest BCUT2D eigenvalue weighted by atomic mass is 10.1. The first-order chi connectivity index (χ1) is 14.1. The Kier molecular flexibility index (Phi) is 4.04. The van der Waals surface area contributed by atoms with E-state index >= 15 is 0 Å². The minimum atomic E-state index is -0.885. The molecule has 3 aromatic heterocycles. The predicted octanol–water partition coefficient (Wildman–Crippen LogP) is 3.22. The zero-order chi connectivity index (χ0) is 20.0. The number of aryl methyl sites for hydroxylation is 1. The normalized spacial score (nSPS) is 19.1. The summed E-state index contributed by atoms with van der Waals surface area (Å²) in [7, 11) is 0. The maximum Gasteiger partial charge on any atom is 0.326 e. The Morgan fingerprint density at radius 1 is 1.21 bits per heavy atom. The van der Waals surface area contributed by atoms with Gasteiger partial charge in [0.05, 0.1) is 0 Å². The molecule has 2 N–H and O–H groups in total. The molecule has 1 fully saturated rings. The van der Waals surface area contributed by atoms with E-state index in [4.69, 9.17) is 4.42 Å². The summed E-state index contributed by atoms with van der Waals surface area (Å²) in [5, 5.41) is 14.1. The molecule has 0 unspecified atom stereocenters. The quantitative estimate of drug-likeness (QED) is 0.548. The van der Waals surface area contributed by atoms with Crippen LogP contribution in [0.1, 0.15) is 12.2 Å². The first kappa shape index (κ1) is 17.4. The number of furan rings is 1. The number of hydrogen-bond donors (Lipinski definition) is 2. The molecule has 0 aliphatic carbocycles. The van der Waals surface area contributed by atoms with Crippen molar-refractivity contribution in [3.63, 3.8) is 0 Å². The van der Waals surface area contributed by atoms with Gasteiger partial charge in [0.2, 0.25) is 0 Å². The Bertz CT molecular complexity index is 1210. The number of carbonyl (C=O) groups is 1. The summed E-state index contributed by atoms with van der Waals surface area (Å²) in [6, 6.07) is 10.6. The van der Waals surface area contributed by atoms with Gasteiger partial charge in [0.25, 0.3) is 0 Å². The molecule has 0 saturated carbocycles. The Morgan fingerprint density at radius 2 is 2.00 bits per heavy atom. The molecule has 0 radical (unpaired) electrons. The van der Waals surface area contributed by atoms with Gasteiger partial charge >= 0.3 is 5.97 Å². The molecule has 4 heterocycles. The highest BCUT2D eigenvalue weighted by atomic mass is 16.4. The lowest BCUT2D eigenvalue weighted by molar-refractivity contribution is -0.138. The van der Waals surface area contributed by atoms with Gasteiger partial charge in [-0.2, -0.15) is 0 Å². The number of hydrogen-bond acceptors (Lipinski definition) is 7. The fourth-order valence-electron chi connectivity index (χ4n) is 3.97. The molecule has 1 saturated heterocycles. The first-order valence-corrected chi connectivity index (χ1v) is 9.42. The number of aromatic nitrogens is 3. The van der Waals surface area contributed by atoms with Crippen LogP contribution in [-0.2, 0) is 4.79 Å². The highest BCUT2D eigenvalue weighted by Crippen LogP contribution is 2.36. The summed E-state index contributed by atoms with van der Waals surface area (Å²) in [5.74, 6) is 0.216. The summed E-state index contributed by atoms with van der Waals surface area (Å²) in [5.41, 5.74) is 2.84. The highest BCUT2D eigenvalue weighted by Gasteiger charge is 2.39. The van der Waals surface area contributed by atoms with Gasteiger partial charge in [0.1, 0.15) is 23.0 Å². The average molecular weight is 389 g/mol. The number of carboxylic acid groups (broad SMARTS) is 1. The Labute approximate surface area is 166 Å². The Morgan fingerprint density at radius 3 is 2.79 bits per heavy atom. The van der Waals surface area contributed by atoms with E-state index < -0.39 is 12.0 Å². The second kappa shape index (κ2) is 6.73. The maximum absolute atomic E-state index is 12.0. The molecule has 2 atom stereocenters. The van der Waals surface area contributed by atoms with Gasteiger partial charge in [-0.25, -0.2) is 14.8 Å². The van der Waals surface area contributed by atoms with Crippen LogP contribution in [0.25, 0.3) is 22.1 Å². The number of carboxylic acids is 1. The van der Waals surface area contributed by atoms with Gasteiger partial charge in [-0.05, 0) is 31.2 Å². The van der Waals surface area contributed by atoms with Crippen LogP contribution in [0.2, 0.25) is 0 Å². The van der Waals surface area contributed by atoms with E-state index in [0.717, 1.165) is 11.1 Å². The molecule has 8 nitrogen and oxygen atoms in total. The number of fused-ring (bicyclic) bond motifs is 3. The molecule has 1 aromatic carbocycles. The molecule has 0 amide bonds. The van der Waals surface area contributed by atoms with Crippen LogP contribution in [0.3, 0.4) is 0 Å². The summed E-state index contributed by atoms with van der Waals surface area (Å²) >= 11 is 0. The number of pyridine rings is 1. The second-order valence-corrected chi connectivity index (χ2v) is 7.19. The van der Waals surface area contributed by atoms with Gasteiger partial charge in [-0.3, -0.25) is 4.98 Å². The molecular weight excluding hydrogens is 370 g/mol. The van der Waals surface area contributed by atoms with Crippen molar-refractivity contribution in [2.24, 2.45) is 0 Å². The fourth-order valence-corrected chi connectivity index (χ4v) is 3.97. The molecule has 5 rings (SSSR count). The zero-order valence-corrected chi connectivity index (χ0v) is 15.7. The van der Waals surface area contributed by atoms with Crippen LogP contribution in [0.15, 0.2) is 53.2 Å². The number of para-hydroxylation sites is 1. The first-order valence-electron chi connectivity index (χ1n) is 9.42. The SMILES string of the molecule is Cc1nc(N2C[C@@H](Nc3ccncc3)C[C@H]2C(=O)O)c2oc3ccccc3c2n1. The third-order valence-corrected chi connectivity index (χ3v) is 5.22. The van der Waals surface area contributed by atoms with Gasteiger partial charge in [-0.15, -0.1) is 0 Å². The largest absolute Gasteiger partial charge is 0.480 e. The molecule has 1 aliphatic heterocycles. The Hall–Kier alpha value is -3.68. The second-order valence-electron chi connectivity index (χ2n) is 7.19. The molecule has 4 aromatic rings. The van der Waals surface area contributed by atoms with E-state index in [1.165, 1.54) is 0 Å². The summed E-state index contributed by atoms with van der Waals surface area (Å²) < 4.78 is 6.04. The van der Waals surface area contributed by atoms with Gasteiger partial charge in [0, 0.05) is 42.5 Å². The third kappa shape index (κ3) is 3.02. The monoisotopic (exact) mass is 389 g/mol. The summed E-state index contributed by atoms with van der Waals surface area (Å²) in [6.07, 6.45) is 3.85. The molecule has 29 heavy (non-hydrogen) atoms. The lowest BCUT2D eigenvalue weighted by Gasteiger charge is -2.22. The number of rotatable bonds is 4. The standard InChI is InChI=1S/C21H19N5O3/c1-12-23-18-15-4-2-3-5-17(15)29-19(18)20(24-12)26-11-14(10-16(26)21(27)28)25-13-6-8-22-9-7-13/h2-9,14,16H,10-11H2,1H3,(H,22,25)(H,27,28)/t14-,16-/m0/s1. The van der Waals surface area contributed by atoms with Crippen molar-refractivity contribution in [3.05, 3.63) is 54.6 Å². The van der Waals surface area contributed by atoms with Crippen molar-refractivity contribution >= 4 is 39.5 Å². The van der Waals surface area contributed by atoms with Crippen molar-refractivity contribution in [3.8, 4) is 0 Å². The molecule has 0 bridgehead atoms. The molecule has 146 valence electrons. The molecule has 0 spiro atoms. The lowest BCUT2D eigenvalue weighted by Crippen LogP contribution is -2.37. The topological polar surface area (TPSA) is 104 Å². The van der Waals surface area contributed by atoms with Crippen molar-refractivity contribution < 1.29 is 14.3 Å². The third-order valence-electron chi connectivity index (χ3n) is 5.22. The van der Waals surface area contributed by atoms with E-state index in [2.05, 4.69) is 20.3 Å². The number of anilines is 2. The van der Waals surface area contributed by atoms with Crippen molar-refractivity contribution in [2.75, 3.05) is 16.8 Å². The highest BCUT2D eigenvalue weighted by molar-refractivity contribution is 6.06. The van der Waals surface area contributed by atoms with Crippen LogP contribution in [0.4, 0.5) is 11.5 Å². The zero-order valence-electron chi connectivity index (χ0n) is 15.7. The van der Waals surface area contributed by atoms with E-state index in [9.17, 15) is 9.90 Å². The van der Waals surface area contributed by atoms with E-state index in [0.29, 0.717) is 41.3 Å². The van der Waals surface area contributed by atoms with Gasteiger partial charge < -0.3 is 19.7 Å². The minimum Gasteiger partial charge on any atom is -0.480 e. The molecule has 8 heteroatoms. The van der Waals surface area contributed by atoms with Crippen LogP contribution in [-0.4, -0.2) is 44.7 Å². The smallest absolute Gasteiger partial charge is 0.326 e. The van der Waals surface area contributed by atoms with E-state index in [-0.39, 0.29) is 6.04 Å². The van der Waals surface area contributed by atoms with Crippen LogP contribution in [0.5, 0.6) is 0 Å².